The van der Waals surface area contributed by atoms with Crippen molar-refractivity contribution >= 4 is 5.91 Å². The molecule has 0 bridgehead atoms. The molecule has 1 saturated heterocycles. The zero-order chi connectivity index (χ0) is 17.5. The van der Waals surface area contributed by atoms with Crippen LogP contribution in [0, 0.1) is 0 Å². The third-order valence-electron chi connectivity index (χ3n) is 3.73. The Balaban J connectivity index is 2.36. The summed E-state index contributed by atoms with van der Waals surface area (Å²) >= 11 is 0. The van der Waals surface area contributed by atoms with E-state index < -0.39 is 36.9 Å². The third kappa shape index (κ3) is 5.64. The van der Waals surface area contributed by atoms with Crippen LogP contribution in [0.2, 0.25) is 0 Å². The Kier molecular flexibility index (Phi) is 8.34. The summed E-state index contributed by atoms with van der Waals surface area (Å²) in [6, 6.07) is 0. The smallest absolute Gasteiger partial charge is 0.220 e. The highest BCUT2D eigenvalue weighted by atomic mass is 16.7. The lowest BCUT2D eigenvalue weighted by atomic mass is 9.94. The van der Waals surface area contributed by atoms with Gasteiger partial charge < -0.3 is 35.2 Å². The van der Waals surface area contributed by atoms with E-state index >= 15 is 0 Å². The molecule has 9 nitrogen and oxygen atoms in total. The summed E-state index contributed by atoms with van der Waals surface area (Å²) in [4.78, 5) is 11.5. The van der Waals surface area contributed by atoms with Crippen LogP contribution in [0.5, 0.6) is 0 Å². The van der Waals surface area contributed by atoms with Crippen LogP contribution in [0.1, 0.15) is 32.6 Å². The molecule has 1 aliphatic heterocycles. The lowest BCUT2D eigenvalue weighted by molar-refractivity contribution is -0.339. The lowest BCUT2D eigenvalue weighted by Crippen LogP contribution is -2.71. The number of nitrogens with two attached hydrogens (primary N) is 1. The van der Waals surface area contributed by atoms with Gasteiger partial charge in [-0.25, -0.2) is 0 Å². The van der Waals surface area contributed by atoms with Crippen LogP contribution in [0.4, 0.5) is 0 Å². The van der Waals surface area contributed by atoms with E-state index in [-0.39, 0.29) is 19.1 Å². The predicted octanol–water partition coefficient (Wildman–Crippen LogP) is -2.21. The van der Waals surface area contributed by atoms with Crippen LogP contribution in [-0.2, 0) is 14.3 Å². The maximum absolute atomic E-state index is 11.5. The zero-order valence-corrected chi connectivity index (χ0v) is 13.4. The number of rotatable bonds is 9. The first-order valence-corrected chi connectivity index (χ1v) is 7.86. The molecular weight excluding hydrogens is 308 g/mol. The molecule has 0 radical (unpaired) electrons. The van der Waals surface area contributed by atoms with Gasteiger partial charge in [0.2, 0.25) is 12.2 Å². The molecular formula is C14H28N2O7. The van der Waals surface area contributed by atoms with Gasteiger partial charge in [-0.15, -0.1) is 0 Å². The molecule has 0 aromatic rings. The first-order chi connectivity index (χ1) is 10.8. The number of unbranched alkanes of at least 4 members (excludes halogenated alkanes) is 2. The summed E-state index contributed by atoms with van der Waals surface area (Å²) in [6.07, 6.45) is -2.55. The number of aliphatic hydroxyl groups excluding tert-OH is 3. The summed E-state index contributed by atoms with van der Waals surface area (Å²) in [5.41, 5.74) is 3.20. The molecule has 1 amide bonds. The molecule has 23 heavy (non-hydrogen) atoms. The highest BCUT2D eigenvalue weighted by molar-refractivity contribution is 5.75. The molecule has 136 valence electrons. The highest BCUT2D eigenvalue weighted by Crippen LogP contribution is 2.26. The lowest BCUT2D eigenvalue weighted by Gasteiger charge is -2.45. The number of hydrogen-bond acceptors (Lipinski definition) is 8. The minimum Gasteiger partial charge on any atom is -0.394 e. The predicted molar refractivity (Wildman–Crippen MR) is 80.0 cm³/mol. The molecule has 0 spiro atoms. The maximum atomic E-state index is 11.5. The highest BCUT2D eigenvalue weighted by Gasteiger charge is 2.53. The van der Waals surface area contributed by atoms with Crippen molar-refractivity contribution in [2.75, 3.05) is 19.8 Å². The van der Waals surface area contributed by atoms with E-state index in [0.29, 0.717) is 6.42 Å². The standard InChI is InChI=1S/C14H28N2O7/c1-2-3-4-5-10(18)16-6-7-22-13-14(15,21)12(20)11(19)9(8-17)23-13/h9,11-13,17,19-21H,2-8,15H2,1H3,(H,16,18)/t9-,11-,12+,13+,14+/m1/s1. The Hall–Kier alpha value is -0.810. The van der Waals surface area contributed by atoms with Crippen molar-refractivity contribution in [1.82, 2.24) is 5.32 Å². The van der Waals surface area contributed by atoms with Gasteiger partial charge in [-0.05, 0) is 6.42 Å². The molecule has 0 aromatic heterocycles. The molecule has 1 rings (SSSR count). The molecule has 0 aromatic carbocycles. The number of hydrogen-bond donors (Lipinski definition) is 6. The summed E-state index contributed by atoms with van der Waals surface area (Å²) in [5.74, 6) is -0.0988. The van der Waals surface area contributed by atoms with Gasteiger partial charge in [0.15, 0.2) is 5.72 Å². The minimum atomic E-state index is -2.32. The minimum absolute atomic E-state index is 0.00927. The van der Waals surface area contributed by atoms with Gasteiger partial charge in [-0.2, -0.15) is 0 Å². The number of ether oxygens (including phenoxy) is 2. The second-order valence-electron chi connectivity index (χ2n) is 5.69. The maximum Gasteiger partial charge on any atom is 0.220 e. The SMILES string of the molecule is CCCCCC(=O)NCCO[C@H]1O[C@H](CO)[C@@H](O)[C@H](O)[C@]1(N)O. The van der Waals surface area contributed by atoms with Gasteiger partial charge in [0.25, 0.3) is 0 Å². The number of nitrogens with one attached hydrogen (secondary N) is 1. The van der Waals surface area contributed by atoms with Gasteiger partial charge in [-0.1, -0.05) is 19.8 Å². The molecule has 1 heterocycles. The van der Waals surface area contributed by atoms with Gasteiger partial charge >= 0.3 is 0 Å². The van der Waals surface area contributed by atoms with E-state index in [4.69, 9.17) is 20.3 Å². The molecule has 5 atom stereocenters. The van der Waals surface area contributed by atoms with Crippen LogP contribution in [-0.4, -0.2) is 76.4 Å². The van der Waals surface area contributed by atoms with Crippen LogP contribution in [0.15, 0.2) is 0 Å². The van der Waals surface area contributed by atoms with Crippen LogP contribution in [0.3, 0.4) is 0 Å². The Morgan fingerprint density at radius 2 is 2.09 bits per heavy atom. The van der Waals surface area contributed by atoms with Crippen molar-refractivity contribution in [2.45, 2.75) is 62.9 Å². The van der Waals surface area contributed by atoms with Crippen LogP contribution in [0.25, 0.3) is 0 Å². The van der Waals surface area contributed by atoms with Crippen molar-refractivity contribution in [3.8, 4) is 0 Å². The van der Waals surface area contributed by atoms with E-state index in [1.165, 1.54) is 0 Å². The van der Waals surface area contributed by atoms with Crippen LogP contribution >= 0.6 is 0 Å². The number of carbonyl (C=O) groups is 1. The number of aliphatic hydroxyl groups is 4. The fourth-order valence-electron chi connectivity index (χ4n) is 2.27. The van der Waals surface area contributed by atoms with Crippen molar-refractivity contribution in [1.29, 1.82) is 0 Å². The fraction of sp³-hybridized carbons (Fsp3) is 0.929. The summed E-state index contributed by atoms with van der Waals surface area (Å²) in [6.45, 7) is 1.66. The normalized spacial score (nSPS) is 34.3. The van der Waals surface area contributed by atoms with E-state index in [2.05, 4.69) is 12.2 Å². The summed E-state index contributed by atoms with van der Waals surface area (Å²) < 4.78 is 10.4. The Morgan fingerprint density at radius 1 is 1.39 bits per heavy atom. The number of amides is 1. The van der Waals surface area contributed by atoms with Gasteiger partial charge in [0, 0.05) is 13.0 Å². The van der Waals surface area contributed by atoms with Crippen molar-refractivity contribution in [2.24, 2.45) is 5.73 Å². The number of carbonyl (C=O) groups excluding carboxylic acids is 1. The first-order valence-electron chi connectivity index (χ1n) is 7.86. The quantitative estimate of drug-likeness (QED) is 0.204. The first kappa shape index (κ1) is 20.2. The molecule has 0 unspecified atom stereocenters. The molecule has 0 aliphatic carbocycles. The van der Waals surface area contributed by atoms with E-state index in [9.17, 15) is 20.1 Å². The van der Waals surface area contributed by atoms with Gasteiger partial charge in [0.05, 0.1) is 13.2 Å². The molecule has 0 saturated carbocycles. The van der Waals surface area contributed by atoms with Crippen LogP contribution < -0.4 is 11.1 Å². The average molecular weight is 336 g/mol. The van der Waals surface area contributed by atoms with E-state index in [1.807, 2.05) is 0 Å². The largest absolute Gasteiger partial charge is 0.394 e. The zero-order valence-electron chi connectivity index (χ0n) is 13.4. The average Bonchev–Trinajstić information content (AvgIpc) is 2.51. The molecule has 1 fully saturated rings. The van der Waals surface area contributed by atoms with E-state index in [0.717, 1.165) is 19.3 Å². The Bertz CT molecular complexity index is 367. The topological polar surface area (TPSA) is 154 Å². The second-order valence-corrected chi connectivity index (χ2v) is 5.69. The Labute approximate surface area is 135 Å². The van der Waals surface area contributed by atoms with Crippen molar-refractivity contribution < 1.29 is 34.7 Å². The molecule has 1 aliphatic rings. The fourth-order valence-corrected chi connectivity index (χ4v) is 2.27. The van der Waals surface area contributed by atoms with Gasteiger partial charge in [-0.3, -0.25) is 10.5 Å². The summed E-state index contributed by atoms with van der Waals surface area (Å²) in [7, 11) is 0. The van der Waals surface area contributed by atoms with Crippen molar-refractivity contribution in [3.63, 3.8) is 0 Å². The van der Waals surface area contributed by atoms with E-state index in [1.54, 1.807) is 0 Å². The monoisotopic (exact) mass is 336 g/mol. The molecule has 7 N–H and O–H groups in total. The van der Waals surface area contributed by atoms with Crippen molar-refractivity contribution in [3.05, 3.63) is 0 Å². The third-order valence-corrected chi connectivity index (χ3v) is 3.73. The Morgan fingerprint density at radius 3 is 2.70 bits per heavy atom. The molecule has 9 heteroatoms. The summed E-state index contributed by atoms with van der Waals surface area (Å²) in [5, 5.41) is 41.1. The van der Waals surface area contributed by atoms with Gasteiger partial charge in [0.1, 0.15) is 18.3 Å². The second kappa shape index (κ2) is 9.48.